The maximum Gasteiger partial charge on any atom is 0.573 e. The summed E-state index contributed by atoms with van der Waals surface area (Å²) in [5.41, 5.74) is 1.33. The van der Waals surface area contributed by atoms with E-state index in [9.17, 15) is 21.6 Å². The molecule has 0 aliphatic heterocycles. The zero-order chi connectivity index (χ0) is 22.8. The van der Waals surface area contributed by atoms with E-state index < -0.39 is 22.1 Å². The molecule has 0 radical (unpaired) electrons. The van der Waals surface area contributed by atoms with Crippen LogP contribution in [-0.2, 0) is 16.6 Å². The van der Waals surface area contributed by atoms with E-state index in [1.807, 2.05) is 35.7 Å². The van der Waals surface area contributed by atoms with Gasteiger partial charge < -0.3 is 4.74 Å². The molecule has 0 aliphatic rings. The van der Waals surface area contributed by atoms with E-state index in [1.165, 1.54) is 29.7 Å². The van der Waals surface area contributed by atoms with Gasteiger partial charge in [-0.3, -0.25) is 9.40 Å². The van der Waals surface area contributed by atoms with Crippen LogP contribution in [-0.4, -0.2) is 24.6 Å². The van der Waals surface area contributed by atoms with E-state index in [-0.39, 0.29) is 10.6 Å². The zero-order valence-electron chi connectivity index (χ0n) is 16.3. The molecule has 0 unspecified atom stereocenters. The molecule has 1 N–H and O–H groups in total. The Balaban J connectivity index is 1.63. The van der Waals surface area contributed by atoms with Crippen molar-refractivity contribution >= 4 is 27.0 Å². The van der Waals surface area contributed by atoms with E-state index in [0.717, 1.165) is 17.7 Å². The van der Waals surface area contributed by atoms with Crippen LogP contribution in [0.25, 0.3) is 10.6 Å². The van der Waals surface area contributed by atoms with E-state index in [0.29, 0.717) is 17.1 Å². The molecule has 4 rings (SSSR count). The number of hydrogen-bond donors (Lipinski definition) is 1. The van der Waals surface area contributed by atoms with Gasteiger partial charge in [0, 0.05) is 11.9 Å². The highest BCUT2D eigenvalue weighted by atomic mass is 32.2. The van der Waals surface area contributed by atoms with Gasteiger partial charge in [-0.1, -0.05) is 36.4 Å². The lowest BCUT2D eigenvalue weighted by Crippen LogP contribution is -2.17. The number of nitrogens with one attached hydrogen (secondary N) is 1. The Labute approximate surface area is 186 Å². The molecule has 0 bridgehead atoms. The van der Waals surface area contributed by atoms with Crippen LogP contribution in [0.1, 0.15) is 5.56 Å². The molecular weight excluding hydrogens is 463 g/mol. The number of alkyl halides is 3. The molecule has 166 valence electrons. The van der Waals surface area contributed by atoms with Crippen molar-refractivity contribution in [2.45, 2.75) is 17.8 Å². The normalized spacial score (nSPS) is 12.0. The Hall–Kier alpha value is -3.31. The van der Waals surface area contributed by atoms with Crippen LogP contribution in [0, 0.1) is 0 Å². The summed E-state index contributed by atoms with van der Waals surface area (Å²) in [5.74, 6) is -0.449. The summed E-state index contributed by atoms with van der Waals surface area (Å²) >= 11 is 1.35. The van der Waals surface area contributed by atoms with E-state index in [2.05, 4.69) is 14.6 Å². The number of rotatable bonds is 7. The Morgan fingerprint density at radius 2 is 1.72 bits per heavy atom. The van der Waals surface area contributed by atoms with Crippen LogP contribution < -0.4 is 9.46 Å². The minimum Gasteiger partial charge on any atom is -0.406 e. The molecule has 32 heavy (non-hydrogen) atoms. The largest absolute Gasteiger partial charge is 0.573 e. The lowest BCUT2D eigenvalue weighted by atomic mass is 10.2. The molecule has 0 saturated carbocycles. The fraction of sp³-hybridized carbons (Fsp3) is 0.0952. The fourth-order valence-electron chi connectivity index (χ4n) is 2.97. The predicted molar refractivity (Wildman–Crippen MR) is 115 cm³/mol. The van der Waals surface area contributed by atoms with Crippen molar-refractivity contribution in [2.24, 2.45) is 0 Å². The summed E-state index contributed by atoms with van der Waals surface area (Å²) in [4.78, 5) is 0.637. The first-order chi connectivity index (χ1) is 15.2. The Kier molecular flexibility index (Phi) is 5.94. The van der Waals surface area contributed by atoms with Crippen molar-refractivity contribution in [1.29, 1.82) is 0 Å². The van der Waals surface area contributed by atoms with Crippen molar-refractivity contribution in [3.8, 4) is 16.3 Å². The summed E-state index contributed by atoms with van der Waals surface area (Å²) < 4.78 is 71.0. The number of anilines is 1. The molecule has 11 heteroatoms. The predicted octanol–water partition coefficient (Wildman–Crippen LogP) is 5.36. The summed E-state index contributed by atoms with van der Waals surface area (Å²) in [6.45, 7) is 0.373. The zero-order valence-corrected chi connectivity index (χ0v) is 17.9. The van der Waals surface area contributed by atoms with Gasteiger partial charge in [0.2, 0.25) is 0 Å². The number of thiophene rings is 1. The standard InChI is InChI=1S/C21H16F3N3O3S2/c22-21(23,24)30-17-10-8-16(9-11-17)26-32(28,29)19-14-27(13-15-5-2-1-3-6-15)25-20(19)18-7-4-12-31-18/h1-12,14,26H,13H2. The maximum atomic E-state index is 13.1. The van der Waals surface area contributed by atoms with Crippen LogP contribution in [0.15, 0.2) is 83.2 Å². The van der Waals surface area contributed by atoms with Gasteiger partial charge in [-0.15, -0.1) is 24.5 Å². The molecule has 6 nitrogen and oxygen atoms in total. The van der Waals surface area contributed by atoms with Crippen LogP contribution >= 0.6 is 11.3 Å². The third kappa shape index (κ3) is 5.29. The molecule has 4 aromatic rings. The van der Waals surface area contributed by atoms with Gasteiger partial charge in [-0.2, -0.15) is 5.10 Å². The molecule has 2 heterocycles. The Morgan fingerprint density at radius 1 is 1.00 bits per heavy atom. The minimum absolute atomic E-state index is 0.0356. The van der Waals surface area contributed by atoms with Crippen molar-refractivity contribution in [3.05, 3.63) is 83.9 Å². The minimum atomic E-state index is -4.83. The van der Waals surface area contributed by atoms with Gasteiger partial charge in [0.15, 0.2) is 0 Å². The number of hydrogen-bond acceptors (Lipinski definition) is 5. The highest BCUT2D eigenvalue weighted by Gasteiger charge is 2.31. The highest BCUT2D eigenvalue weighted by molar-refractivity contribution is 7.92. The number of sulfonamides is 1. The summed E-state index contributed by atoms with van der Waals surface area (Å²) in [6, 6.07) is 17.5. The third-order valence-electron chi connectivity index (χ3n) is 4.30. The maximum absolute atomic E-state index is 13.1. The fourth-order valence-corrected chi connectivity index (χ4v) is 4.98. The van der Waals surface area contributed by atoms with Crippen molar-refractivity contribution in [2.75, 3.05) is 4.72 Å². The number of nitrogens with zero attached hydrogens (tertiary/aromatic N) is 2. The number of halogens is 3. The molecule has 0 atom stereocenters. The lowest BCUT2D eigenvalue weighted by molar-refractivity contribution is -0.274. The van der Waals surface area contributed by atoms with Gasteiger partial charge in [-0.25, -0.2) is 8.42 Å². The number of ether oxygens (including phenoxy) is 1. The average molecular weight is 480 g/mol. The summed E-state index contributed by atoms with van der Waals surface area (Å²) in [7, 11) is -4.08. The molecule has 0 saturated heterocycles. The van der Waals surface area contributed by atoms with Gasteiger partial charge >= 0.3 is 6.36 Å². The molecule has 0 spiro atoms. The molecular formula is C21H16F3N3O3S2. The van der Waals surface area contributed by atoms with Crippen LogP contribution in [0.2, 0.25) is 0 Å². The molecule has 0 aliphatic carbocycles. The van der Waals surface area contributed by atoms with Crippen molar-refractivity contribution in [1.82, 2.24) is 9.78 Å². The first-order valence-corrected chi connectivity index (χ1v) is 11.6. The molecule has 2 aromatic carbocycles. The van der Waals surface area contributed by atoms with Gasteiger partial charge in [0.25, 0.3) is 10.0 Å². The second kappa shape index (κ2) is 8.67. The smallest absolute Gasteiger partial charge is 0.406 e. The number of aromatic nitrogens is 2. The van der Waals surface area contributed by atoms with E-state index >= 15 is 0 Å². The first kappa shape index (κ1) is 21.9. The second-order valence-corrected chi connectivity index (χ2v) is 9.28. The third-order valence-corrected chi connectivity index (χ3v) is 6.56. The average Bonchev–Trinajstić information content (AvgIpc) is 3.39. The summed E-state index contributed by atoms with van der Waals surface area (Å²) in [5, 5.41) is 6.29. The van der Waals surface area contributed by atoms with E-state index in [1.54, 1.807) is 16.8 Å². The lowest BCUT2D eigenvalue weighted by Gasteiger charge is -2.10. The van der Waals surface area contributed by atoms with Crippen LogP contribution in [0.4, 0.5) is 18.9 Å². The summed E-state index contributed by atoms with van der Waals surface area (Å²) in [6.07, 6.45) is -3.39. The topological polar surface area (TPSA) is 73.2 Å². The van der Waals surface area contributed by atoms with Gasteiger partial charge in [0.1, 0.15) is 16.3 Å². The van der Waals surface area contributed by atoms with Gasteiger partial charge in [0.05, 0.1) is 11.4 Å². The molecule has 0 amide bonds. The Morgan fingerprint density at radius 3 is 2.34 bits per heavy atom. The highest BCUT2D eigenvalue weighted by Crippen LogP contribution is 2.31. The van der Waals surface area contributed by atoms with Crippen LogP contribution in [0.5, 0.6) is 5.75 Å². The van der Waals surface area contributed by atoms with Crippen molar-refractivity contribution in [3.63, 3.8) is 0 Å². The monoisotopic (exact) mass is 479 g/mol. The second-order valence-electron chi connectivity index (χ2n) is 6.68. The van der Waals surface area contributed by atoms with Crippen LogP contribution in [0.3, 0.4) is 0 Å². The van der Waals surface area contributed by atoms with E-state index in [4.69, 9.17) is 0 Å². The van der Waals surface area contributed by atoms with Gasteiger partial charge in [-0.05, 0) is 41.3 Å². The molecule has 2 aromatic heterocycles. The quantitative estimate of drug-likeness (QED) is 0.387. The number of benzene rings is 2. The first-order valence-electron chi connectivity index (χ1n) is 9.23. The Bertz CT molecular complexity index is 1290. The SMILES string of the molecule is O=S(=O)(Nc1ccc(OC(F)(F)F)cc1)c1cn(Cc2ccccc2)nc1-c1cccs1. The van der Waals surface area contributed by atoms with Crippen molar-refractivity contribution < 1.29 is 26.3 Å². The molecule has 0 fully saturated rings.